The quantitative estimate of drug-likeness (QED) is 0.568. The minimum Gasteiger partial charge on any atom is -0.345 e. The first-order chi connectivity index (χ1) is 14.0. The molecule has 1 aliphatic heterocycles. The Balaban J connectivity index is 1.41. The lowest BCUT2D eigenvalue weighted by Crippen LogP contribution is -2.27. The molecule has 1 heterocycles. The van der Waals surface area contributed by atoms with E-state index in [0.29, 0.717) is 23.7 Å². The lowest BCUT2D eigenvalue weighted by Gasteiger charge is -2.13. The maximum atomic E-state index is 12.0. The number of Topliss-reactive ketones (excluding diaryl/α,β-unsaturated/α-hetero) is 1. The Morgan fingerprint density at radius 2 is 1.79 bits per heavy atom. The Morgan fingerprint density at radius 1 is 1.07 bits per heavy atom. The average Bonchev–Trinajstić information content (AvgIpc) is 3.16. The third kappa shape index (κ3) is 5.84. The first kappa shape index (κ1) is 20.4. The molecule has 0 bridgehead atoms. The number of nitrogens with zero attached hydrogens (tertiary/aromatic N) is 1. The summed E-state index contributed by atoms with van der Waals surface area (Å²) in [5, 5.41) is 6.00. The first-order valence-corrected chi connectivity index (χ1v) is 9.60. The molecule has 0 aromatic heterocycles. The predicted octanol–water partition coefficient (Wildman–Crippen LogP) is 3.00. The Bertz CT molecular complexity index is 960. The molecular weight excluding hydrogens is 390 g/mol. The molecule has 0 atom stereocenters. The highest BCUT2D eigenvalue weighted by molar-refractivity contribution is 6.30. The summed E-state index contributed by atoms with van der Waals surface area (Å²) < 4.78 is 0. The van der Waals surface area contributed by atoms with Crippen molar-refractivity contribution in [3.63, 3.8) is 0 Å². The van der Waals surface area contributed by atoms with Gasteiger partial charge in [0.15, 0.2) is 5.78 Å². The third-order valence-corrected chi connectivity index (χ3v) is 4.64. The van der Waals surface area contributed by atoms with Crippen molar-refractivity contribution in [2.75, 3.05) is 24.5 Å². The molecule has 3 rings (SSSR count). The summed E-state index contributed by atoms with van der Waals surface area (Å²) in [7, 11) is 0. The monoisotopic (exact) mass is 409 g/mol. The van der Waals surface area contributed by atoms with Gasteiger partial charge < -0.3 is 10.6 Å². The number of benzene rings is 2. The fourth-order valence-electron chi connectivity index (χ4n) is 2.83. The van der Waals surface area contributed by atoms with E-state index in [0.717, 1.165) is 11.3 Å². The zero-order valence-electron chi connectivity index (χ0n) is 15.7. The van der Waals surface area contributed by atoms with Gasteiger partial charge in [0.1, 0.15) is 0 Å². The van der Waals surface area contributed by atoms with Gasteiger partial charge in [-0.25, -0.2) is 4.79 Å². The lowest BCUT2D eigenvalue weighted by atomic mass is 10.1. The van der Waals surface area contributed by atoms with Gasteiger partial charge in [-0.2, -0.15) is 0 Å². The van der Waals surface area contributed by atoms with Crippen LogP contribution in [0.4, 0.5) is 10.5 Å². The van der Waals surface area contributed by atoms with Crippen LogP contribution < -0.4 is 15.5 Å². The van der Waals surface area contributed by atoms with E-state index in [1.54, 1.807) is 29.2 Å². The molecule has 1 saturated heterocycles. The van der Waals surface area contributed by atoms with Crippen molar-refractivity contribution in [1.82, 2.24) is 10.6 Å². The normalized spacial score (nSPS) is 12.7. The Labute approximate surface area is 174 Å². The molecular formula is C22H20ClN3O3. The fraction of sp³-hybridized carbons (Fsp3) is 0.227. The van der Waals surface area contributed by atoms with Crippen molar-refractivity contribution in [2.45, 2.75) is 12.8 Å². The van der Waals surface area contributed by atoms with Crippen LogP contribution in [0.5, 0.6) is 0 Å². The van der Waals surface area contributed by atoms with Gasteiger partial charge in [-0.15, -0.1) is 0 Å². The van der Waals surface area contributed by atoms with E-state index in [4.69, 9.17) is 11.6 Å². The number of halogens is 1. The van der Waals surface area contributed by atoms with Crippen LogP contribution in [-0.2, 0) is 4.79 Å². The van der Waals surface area contributed by atoms with Gasteiger partial charge >= 0.3 is 6.03 Å². The molecule has 1 fully saturated rings. The van der Waals surface area contributed by atoms with Gasteiger partial charge in [0.05, 0.1) is 6.54 Å². The first-order valence-electron chi connectivity index (χ1n) is 9.23. The number of nitrogens with one attached hydrogen (secondary N) is 2. The van der Waals surface area contributed by atoms with Crippen LogP contribution in [0.1, 0.15) is 28.8 Å². The van der Waals surface area contributed by atoms with Crippen LogP contribution in [0, 0.1) is 11.8 Å². The van der Waals surface area contributed by atoms with E-state index >= 15 is 0 Å². The van der Waals surface area contributed by atoms with Gasteiger partial charge in [0, 0.05) is 47.8 Å². The van der Waals surface area contributed by atoms with Crippen molar-refractivity contribution >= 4 is 35.0 Å². The van der Waals surface area contributed by atoms with Gasteiger partial charge in [-0.3, -0.25) is 14.5 Å². The standard InChI is InChI=1S/C22H20ClN3O3/c23-18-7-5-17(6-8-18)20(27)11-12-21(28)24-13-1-2-16-3-9-19(10-4-16)26-15-14-25-22(26)29/h3-10H,11-15H2,(H,24,28)(H,25,29). The van der Waals surface area contributed by atoms with E-state index in [1.165, 1.54) is 0 Å². The molecule has 0 saturated carbocycles. The molecule has 1 aliphatic rings. The zero-order chi connectivity index (χ0) is 20.6. The van der Waals surface area contributed by atoms with Gasteiger partial charge in [-0.05, 0) is 48.5 Å². The molecule has 6 nitrogen and oxygen atoms in total. The highest BCUT2D eigenvalue weighted by atomic mass is 35.5. The molecule has 0 unspecified atom stereocenters. The average molecular weight is 410 g/mol. The molecule has 2 aromatic rings. The van der Waals surface area contributed by atoms with Crippen molar-refractivity contribution < 1.29 is 14.4 Å². The van der Waals surface area contributed by atoms with Gasteiger partial charge in [-0.1, -0.05) is 23.4 Å². The van der Waals surface area contributed by atoms with Crippen LogP contribution in [-0.4, -0.2) is 37.4 Å². The predicted molar refractivity (Wildman–Crippen MR) is 112 cm³/mol. The SMILES string of the molecule is O=C(CCC(=O)c1ccc(Cl)cc1)NCC#Cc1ccc(N2CCNC2=O)cc1. The number of carbonyl (C=O) groups excluding carboxylic acids is 3. The second-order valence-corrected chi connectivity index (χ2v) is 6.88. The van der Waals surface area contributed by atoms with E-state index in [1.807, 2.05) is 24.3 Å². The number of carbonyl (C=O) groups is 3. The third-order valence-electron chi connectivity index (χ3n) is 4.39. The van der Waals surface area contributed by atoms with Crippen molar-refractivity contribution in [3.05, 3.63) is 64.7 Å². The molecule has 0 aliphatic carbocycles. The second-order valence-electron chi connectivity index (χ2n) is 6.44. The molecule has 0 spiro atoms. The lowest BCUT2D eigenvalue weighted by molar-refractivity contribution is -0.120. The van der Waals surface area contributed by atoms with E-state index in [2.05, 4.69) is 22.5 Å². The second kappa shape index (κ2) is 9.76. The van der Waals surface area contributed by atoms with E-state index in [-0.39, 0.29) is 37.1 Å². The number of ketones is 1. The summed E-state index contributed by atoms with van der Waals surface area (Å²) in [5.74, 6) is 5.52. The summed E-state index contributed by atoms with van der Waals surface area (Å²) in [6, 6.07) is 13.9. The number of urea groups is 1. The summed E-state index contributed by atoms with van der Waals surface area (Å²) in [4.78, 5) is 37.2. The molecule has 2 aromatic carbocycles. The largest absolute Gasteiger partial charge is 0.345 e. The number of amides is 3. The summed E-state index contributed by atoms with van der Waals surface area (Å²) in [6.45, 7) is 1.49. The van der Waals surface area contributed by atoms with Crippen molar-refractivity contribution in [1.29, 1.82) is 0 Å². The highest BCUT2D eigenvalue weighted by Gasteiger charge is 2.20. The number of hydrogen-bond donors (Lipinski definition) is 2. The summed E-state index contributed by atoms with van der Waals surface area (Å²) >= 11 is 5.80. The van der Waals surface area contributed by atoms with Crippen LogP contribution in [0.15, 0.2) is 48.5 Å². The van der Waals surface area contributed by atoms with Gasteiger partial charge in [0.2, 0.25) is 5.91 Å². The fourth-order valence-corrected chi connectivity index (χ4v) is 2.95. The van der Waals surface area contributed by atoms with Crippen LogP contribution >= 0.6 is 11.6 Å². The Kier molecular flexibility index (Phi) is 6.88. The maximum absolute atomic E-state index is 12.0. The highest BCUT2D eigenvalue weighted by Crippen LogP contribution is 2.16. The maximum Gasteiger partial charge on any atom is 0.321 e. The molecule has 29 heavy (non-hydrogen) atoms. The molecule has 7 heteroatoms. The smallest absolute Gasteiger partial charge is 0.321 e. The summed E-state index contributed by atoms with van der Waals surface area (Å²) in [5.41, 5.74) is 2.15. The number of hydrogen-bond acceptors (Lipinski definition) is 3. The van der Waals surface area contributed by atoms with Crippen LogP contribution in [0.25, 0.3) is 0 Å². The van der Waals surface area contributed by atoms with Crippen LogP contribution in [0.2, 0.25) is 5.02 Å². The Hall–Kier alpha value is -3.30. The van der Waals surface area contributed by atoms with Crippen LogP contribution in [0.3, 0.4) is 0 Å². The minimum atomic E-state index is -0.225. The molecule has 0 radical (unpaired) electrons. The number of rotatable bonds is 6. The van der Waals surface area contributed by atoms with Crippen molar-refractivity contribution in [3.8, 4) is 11.8 Å². The summed E-state index contributed by atoms with van der Waals surface area (Å²) in [6.07, 6.45) is 0.238. The molecule has 148 valence electrons. The zero-order valence-corrected chi connectivity index (χ0v) is 16.5. The number of anilines is 1. The van der Waals surface area contributed by atoms with E-state index < -0.39 is 0 Å². The molecule has 3 amide bonds. The van der Waals surface area contributed by atoms with E-state index in [9.17, 15) is 14.4 Å². The van der Waals surface area contributed by atoms with Crippen molar-refractivity contribution in [2.24, 2.45) is 0 Å². The topological polar surface area (TPSA) is 78.5 Å². The minimum absolute atomic E-state index is 0.0962. The van der Waals surface area contributed by atoms with Gasteiger partial charge in [0.25, 0.3) is 0 Å². The Morgan fingerprint density at radius 3 is 2.45 bits per heavy atom. The molecule has 2 N–H and O–H groups in total.